The van der Waals surface area contributed by atoms with Gasteiger partial charge in [-0.05, 0) is 46.8 Å². The summed E-state index contributed by atoms with van der Waals surface area (Å²) in [6.07, 6.45) is 1.60. The van der Waals surface area contributed by atoms with Crippen molar-refractivity contribution in [3.8, 4) is 0 Å². The molecule has 100 valence electrons. The molecule has 0 spiro atoms. The van der Waals surface area contributed by atoms with E-state index in [1.807, 2.05) is 0 Å². The molecule has 0 amide bonds. The van der Waals surface area contributed by atoms with Crippen LogP contribution in [0.15, 0.2) is 20.1 Å². The van der Waals surface area contributed by atoms with Crippen LogP contribution < -0.4 is 4.72 Å². The van der Waals surface area contributed by atoms with Crippen molar-refractivity contribution in [2.45, 2.75) is 29.5 Å². The van der Waals surface area contributed by atoms with Crippen molar-refractivity contribution in [2.75, 3.05) is 0 Å². The van der Waals surface area contributed by atoms with E-state index in [0.29, 0.717) is 0 Å². The highest BCUT2D eigenvalue weighted by atomic mass is 79.9. The van der Waals surface area contributed by atoms with Gasteiger partial charge in [0.05, 0.1) is 10.2 Å². The number of sulfonamides is 1. The van der Waals surface area contributed by atoms with E-state index in [4.69, 9.17) is 5.11 Å². The van der Waals surface area contributed by atoms with Crippen molar-refractivity contribution in [3.63, 3.8) is 0 Å². The average Bonchev–Trinajstić information content (AvgIpc) is 2.99. The molecule has 1 aromatic heterocycles. The van der Waals surface area contributed by atoms with Gasteiger partial charge < -0.3 is 5.11 Å². The lowest BCUT2D eigenvalue weighted by Gasteiger charge is -2.15. The number of rotatable bonds is 6. The molecule has 0 aromatic carbocycles. The van der Waals surface area contributed by atoms with E-state index < -0.39 is 22.0 Å². The minimum absolute atomic E-state index is 0.152. The Kier molecular flexibility index (Phi) is 4.10. The molecular formula is C10H12BrNO4S2. The lowest BCUT2D eigenvalue weighted by molar-refractivity contribution is -0.137. The highest BCUT2D eigenvalue weighted by Gasteiger charge is 2.35. The van der Waals surface area contributed by atoms with Crippen LogP contribution in [0.4, 0.5) is 0 Å². The first-order valence-electron chi connectivity index (χ1n) is 5.38. The largest absolute Gasteiger partial charge is 0.481 e. The van der Waals surface area contributed by atoms with Crippen LogP contribution in [0.1, 0.15) is 19.3 Å². The molecular weight excluding hydrogens is 342 g/mol. The minimum atomic E-state index is -3.61. The quantitative estimate of drug-likeness (QED) is 0.819. The first kappa shape index (κ1) is 14.0. The van der Waals surface area contributed by atoms with Gasteiger partial charge >= 0.3 is 5.97 Å². The first-order chi connectivity index (χ1) is 8.38. The summed E-state index contributed by atoms with van der Waals surface area (Å²) in [5.74, 6) is -0.832. The van der Waals surface area contributed by atoms with E-state index >= 15 is 0 Å². The monoisotopic (exact) mass is 353 g/mol. The molecule has 0 bridgehead atoms. The molecule has 0 radical (unpaired) electrons. The Morgan fingerprint density at radius 2 is 2.22 bits per heavy atom. The Hall–Kier alpha value is -0.440. The van der Waals surface area contributed by atoms with Gasteiger partial charge in [0, 0.05) is 6.04 Å². The summed E-state index contributed by atoms with van der Waals surface area (Å²) < 4.78 is 27.5. The average molecular weight is 354 g/mol. The second-order valence-electron chi connectivity index (χ2n) is 4.22. The molecule has 2 rings (SSSR count). The Morgan fingerprint density at radius 1 is 1.56 bits per heavy atom. The van der Waals surface area contributed by atoms with Crippen LogP contribution in [0.25, 0.3) is 0 Å². The lowest BCUT2D eigenvalue weighted by atomic mass is 10.1. The fourth-order valence-corrected chi connectivity index (χ4v) is 5.02. The number of nitrogens with one attached hydrogen (secondary N) is 1. The van der Waals surface area contributed by atoms with Crippen molar-refractivity contribution >= 4 is 43.3 Å². The number of hydrogen-bond donors (Lipinski definition) is 2. The van der Waals surface area contributed by atoms with Gasteiger partial charge in [-0.3, -0.25) is 4.79 Å². The van der Waals surface area contributed by atoms with E-state index in [0.717, 1.165) is 28.0 Å². The molecule has 8 heteroatoms. The normalized spacial score (nSPS) is 17.6. The van der Waals surface area contributed by atoms with Crippen LogP contribution in [0.5, 0.6) is 0 Å². The van der Waals surface area contributed by atoms with Gasteiger partial charge in [-0.2, -0.15) is 0 Å². The summed E-state index contributed by atoms with van der Waals surface area (Å²) in [5.41, 5.74) is 0. The van der Waals surface area contributed by atoms with E-state index in [-0.39, 0.29) is 16.5 Å². The van der Waals surface area contributed by atoms with E-state index in [1.54, 1.807) is 6.07 Å². The summed E-state index contributed by atoms with van der Waals surface area (Å²) in [7, 11) is -3.61. The van der Waals surface area contributed by atoms with Crippen molar-refractivity contribution < 1.29 is 18.3 Å². The number of hydrogen-bond acceptors (Lipinski definition) is 4. The van der Waals surface area contributed by atoms with E-state index in [1.165, 1.54) is 6.07 Å². The SMILES string of the molecule is O=C(O)CC(NS(=O)(=O)c1ccc(Br)s1)C1CC1. The number of carboxylic acid groups (broad SMARTS) is 1. The van der Waals surface area contributed by atoms with E-state index in [2.05, 4.69) is 20.7 Å². The summed E-state index contributed by atoms with van der Waals surface area (Å²) in [4.78, 5) is 10.7. The predicted molar refractivity (Wildman–Crippen MR) is 71.1 cm³/mol. The van der Waals surface area contributed by atoms with Crippen LogP contribution in [-0.2, 0) is 14.8 Å². The molecule has 5 nitrogen and oxygen atoms in total. The molecule has 1 heterocycles. The van der Waals surface area contributed by atoms with Crippen LogP contribution in [0, 0.1) is 5.92 Å². The highest BCUT2D eigenvalue weighted by Crippen LogP contribution is 2.35. The van der Waals surface area contributed by atoms with Gasteiger partial charge in [0.1, 0.15) is 4.21 Å². The lowest BCUT2D eigenvalue weighted by Crippen LogP contribution is -2.37. The predicted octanol–water partition coefficient (Wildman–Crippen LogP) is 2.04. The van der Waals surface area contributed by atoms with Crippen molar-refractivity contribution in [2.24, 2.45) is 5.92 Å². The molecule has 1 fully saturated rings. The van der Waals surface area contributed by atoms with Gasteiger partial charge in [-0.1, -0.05) is 0 Å². The van der Waals surface area contributed by atoms with Crippen LogP contribution in [-0.4, -0.2) is 25.5 Å². The number of aliphatic carboxylic acids is 1. The Bertz CT molecular complexity index is 550. The molecule has 1 aliphatic rings. The maximum Gasteiger partial charge on any atom is 0.304 e. The standard InChI is InChI=1S/C10H12BrNO4S2/c11-8-3-4-10(17-8)18(15,16)12-7(5-9(13)14)6-1-2-6/h3-4,6-7,12H,1-2,5H2,(H,13,14). The molecule has 2 N–H and O–H groups in total. The number of thiophene rings is 1. The molecule has 1 aromatic rings. The molecule has 0 saturated heterocycles. The van der Waals surface area contributed by atoms with Gasteiger partial charge in [-0.15, -0.1) is 11.3 Å². The molecule has 18 heavy (non-hydrogen) atoms. The molecule has 0 aliphatic heterocycles. The third-order valence-corrected chi connectivity index (χ3v) is 6.31. The summed E-state index contributed by atoms with van der Waals surface area (Å²) in [6.45, 7) is 0. The highest BCUT2D eigenvalue weighted by molar-refractivity contribution is 9.11. The Balaban J connectivity index is 2.12. The maximum absolute atomic E-state index is 12.1. The van der Waals surface area contributed by atoms with Crippen molar-refractivity contribution in [1.29, 1.82) is 0 Å². The van der Waals surface area contributed by atoms with Crippen LogP contribution in [0.2, 0.25) is 0 Å². The minimum Gasteiger partial charge on any atom is -0.481 e. The van der Waals surface area contributed by atoms with Crippen molar-refractivity contribution in [3.05, 3.63) is 15.9 Å². The van der Waals surface area contributed by atoms with Gasteiger partial charge in [-0.25, -0.2) is 13.1 Å². The Morgan fingerprint density at radius 3 is 2.67 bits per heavy atom. The van der Waals surface area contributed by atoms with Gasteiger partial charge in [0.15, 0.2) is 0 Å². The van der Waals surface area contributed by atoms with Gasteiger partial charge in [0.2, 0.25) is 10.0 Å². The second kappa shape index (κ2) is 5.28. The summed E-state index contributed by atoms with van der Waals surface area (Å²) >= 11 is 4.31. The third-order valence-electron chi connectivity index (χ3n) is 2.71. The smallest absolute Gasteiger partial charge is 0.304 e. The zero-order valence-electron chi connectivity index (χ0n) is 9.30. The van der Waals surface area contributed by atoms with Crippen LogP contribution in [0.3, 0.4) is 0 Å². The zero-order valence-corrected chi connectivity index (χ0v) is 12.5. The first-order valence-corrected chi connectivity index (χ1v) is 8.47. The summed E-state index contributed by atoms with van der Waals surface area (Å²) in [6, 6.07) is 2.65. The number of halogens is 1. The number of carbonyl (C=O) groups is 1. The van der Waals surface area contributed by atoms with Crippen molar-refractivity contribution in [1.82, 2.24) is 4.72 Å². The number of carboxylic acids is 1. The summed E-state index contributed by atoms with van der Waals surface area (Å²) in [5, 5.41) is 8.79. The molecule has 1 unspecified atom stereocenters. The molecule has 1 saturated carbocycles. The fourth-order valence-electron chi connectivity index (χ4n) is 1.69. The van der Waals surface area contributed by atoms with Crippen LogP contribution >= 0.6 is 27.3 Å². The Labute approximate surface area is 117 Å². The fraction of sp³-hybridized carbons (Fsp3) is 0.500. The molecule has 1 aliphatic carbocycles. The second-order valence-corrected chi connectivity index (χ2v) is 8.63. The molecule has 1 atom stereocenters. The maximum atomic E-state index is 12.1. The zero-order chi connectivity index (χ0) is 13.3. The third kappa shape index (κ3) is 3.53. The van der Waals surface area contributed by atoms with Gasteiger partial charge in [0.25, 0.3) is 0 Å². The van der Waals surface area contributed by atoms with E-state index in [9.17, 15) is 13.2 Å². The topological polar surface area (TPSA) is 83.5 Å².